The van der Waals surface area contributed by atoms with Crippen LogP contribution in [0.1, 0.15) is 18.5 Å². The number of carbonyl (C=O) groups excluding carboxylic acids is 1. The van der Waals surface area contributed by atoms with Gasteiger partial charge in [-0.25, -0.2) is 9.97 Å². The molecule has 0 unspecified atom stereocenters. The van der Waals surface area contributed by atoms with Crippen LogP contribution >= 0.6 is 0 Å². The van der Waals surface area contributed by atoms with Gasteiger partial charge in [-0.3, -0.25) is 4.79 Å². The quantitative estimate of drug-likeness (QED) is 0.260. The predicted octanol–water partition coefficient (Wildman–Crippen LogP) is 6.85. The summed E-state index contributed by atoms with van der Waals surface area (Å²) in [7, 11) is 0. The van der Waals surface area contributed by atoms with E-state index in [-0.39, 0.29) is 11.9 Å². The van der Waals surface area contributed by atoms with Gasteiger partial charge in [0.1, 0.15) is 17.9 Å². The van der Waals surface area contributed by atoms with Gasteiger partial charge in [-0.15, -0.1) is 0 Å². The van der Waals surface area contributed by atoms with Crippen LogP contribution in [0.4, 0.5) is 11.5 Å². The molecule has 0 spiro atoms. The normalized spacial score (nSPS) is 11.7. The Kier molecular flexibility index (Phi) is 6.09. The van der Waals surface area contributed by atoms with Gasteiger partial charge in [0.2, 0.25) is 11.6 Å². The summed E-state index contributed by atoms with van der Waals surface area (Å²) in [5.41, 5.74) is 4.92. The SMILES string of the molecule is C=CC(=O)Nc1cccc(-c2c(-c3ccccc3)oc3ncnc(N[C@H](C)c4ccccc4)c23)c1. The molecule has 0 aliphatic heterocycles. The summed E-state index contributed by atoms with van der Waals surface area (Å²) < 4.78 is 6.32. The first-order chi connectivity index (χ1) is 17.1. The topological polar surface area (TPSA) is 80.1 Å². The molecule has 2 aromatic heterocycles. The molecule has 0 saturated heterocycles. The zero-order valence-corrected chi connectivity index (χ0v) is 19.2. The van der Waals surface area contributed by atoms with Gasteiger partial charge in [-0.1, -0.05) is 79.4 Å². The molecule has 0 fully saturated rings. The first-order valence-electron chi connectivity index (χ1n) is 11.3. The lowest BCUT2D eigenvalue weighted by Crippen LogP contribution is -2.08. The molecule has 5 aromatic rings. The zero-order valence-electron chi connectivity index (χ0n) is 19.2. The van der Waals surface area contributed by atoms with Crippen LogP contribution < -0.4 is 10.6 Å². The lowest BCUT2D eigenvalue weighted by atomic mass is 9.98. The fourth-order valence-corrected chi connectivity index (χ4v) is 4.09. The van der Waals surface area contributed by atoms with E-state index in [1.165, 1.54) is 12.4 Å². The molecule has 5 rings (SSSR count). The summed E-state index contributed by atoms with van der Waals surface area (Å²) in [4.78, 5) is 20.9. The van der Waals surface area contributed by atoms with E-state index in [4.69, 9.17) is 4.42 Å². The van der Waals surface area contributed by atoms with Crippen LogP contribution in [-0.4, -0.2) is 15.9 Å². The molecule has 0 radical (unpaired) electrons. The van der Waals surface area contributed by atoms with Crippen LogP contribution in [0.15, 0.2) is 108 Å². The van der Waals surface area contributed by atoms with Crippen LogP contribution in [0.2, 0.25) is 0 Å². The van der Waals surface area contributed by atoms with Crippen molar-refractivity contribution in [2.75, 3.05) is 10.6 Å². The summed E-state index contributed by atoms with van der Waals surface area (Å²) in [6, 6.07) is 27.7. The van der Waals surface area contributed by atoms with Crippen molar-refractivity contribution in [1.29, 1.82) is 0 Å². The Hall–Kier alpha value is -4.71. The van der Waals surface area contributed by atoms with Gasteiger partial charge < -0.3 is 15.1 Å². The van der Waals surface area contributed by atoms with Crippen LogP contribution in [0, 0.1) is 0 Å². The average Bonchev–Trinajstić information content (AvgIpc) is 3.30. The second-order valence-corrected chi connectivity index (χ2v) is 8.13. The van der Waals surface area contributed by atoms with Crippen LogP contribution in [0.25, 0.3) is 33.6 Å². The number of aromatic nitrogens is 2. The fraction of sp³-hybridized carbons (Fsp3) is 0.0690. The standard InChI is InChI=1S/C29H24N4O2/c1-3-24(34)33-23-16-10-15-22(17-23)25-26-28(32-19(2)20-11-6-4-7-12-20)30-18-31-29(26)35-27(25)21-13-8-5-9-14-21/h3-19H,1H2,2H3,(H,33,34)(H,30,31,32)/t19-/m1/s1. The Labute approximate surface area is 203 Å². The Morgan fingerprint density at radius 2 is 1.66 bits per heavy atom. The van der Waals surface area contributed by atoms with E-state index in [1.807, 2.05) is 72.8 Å². The van der Waals surface area contributed by atoms with E-state index in [0.29, 0.717) is 23.0 Å². The summed E-state index contributed by atoms with van der Waals surface area (Å²) in [5.74, 6) is 1.08. The minimum absolute atomic E-state index is 0.00967. The molecule has 0 saturated carbocycles. The number of rotatable bonds is 7. The largest absolute Gasteiger partial charge is 0.437 e. The third-order valence-electron chi connectivity index (χ3n) is 5.78. The number of nitrogens with one attached hydrogen (secondary N) is 2. The molecule has 1 amide bonds. The van der Waals surface area contributed by atoms with Crippen molar-refractivity contribution in [3.8, 4) is 22.5 Å². The first-order valence-corrected chi connectivity index (χ1v) is 11.3. The highest BCUT2D eigenvalue weighted by Crippen LogP contribution is 2.43. The van der Waals surface area contributed by atoms with E-state index in [0.717, 1.165) is 27.6 Å². The number of hydrogen-bond acceptors (Lipinski definition) is 5. The Bertz CT molecular complexity index is 1490. The average molecular weight is 461 g/mol. The summed E-state index contributed by atoms with van der Waals surface area (Å²) in [5, 5.41) is 7.15. The first kappa shape index (κ1) is 22.1. The maximum Gasteiger partial charge on any atom is 0.247 e. The van der Waals surface area contributed by atoms with Gasteiger partial charge in [0.25, 0.3) is 0 Å². The van der Waals surface area contributed by atoms with Gasteiger partial charge in [0.15, 0.2) is 0 Å². The fourth-order valence-electron chi connectivity index (χ4n) is 4.09. The van der Waals surface area contributed by atoms with Crippen LogP contribution in [0.3, 0.4) is 0 Å². The number of anilines is 2. The number of amides is 1. The van der Waals surface area contributed by atoms with Gasteiger partial charge in [-0.05, 0) is 36.3 Å². The maximum atomic E-state index is 11.9. The maximum absolute atomic E-state index is 11.9. The Morgan fingerprint density at radius 3 is 2.40 bits per heavy atom. The molecule has 1 atom stereocenters. The van der Waals surface area contributed by atoms with Crippen molar-refractivity contribution in [3.63, 3.8) is 0 Å². The molecule has 2 heterocycles. The molecule has 0 aliphatic rings. The van der Waals surface area contributed by atoms with E-state index in [1.54, 1.807) is 0 Å². The molecule has 3 aromatic carbocycles. The molecular weight excluding hydrogens is 436 g/mol. The molecule has 172 valence electrons. The lowest BCUT2D eigenvalue weighted by molar-refractivity contribution is -0.111. The van der Waals surface area contributed by atoms with Gasteiger partial charge in [-0.2, -0.15) is 0 Å². The van der Waals surface area contributed by atoms with Gasteiger partial charge in [0, 0.05) is 22.9 Å². The third kappa shape index (κ3) is 4.54. The second kappa shape index (κ2) is 9.65. The van der Waals surface area contributed by atoms with Crippen molar-refractivity contribution >= 4 is 28.5 Å². The molecule has 0 bridgehead atoms. The van der Waals surface area contributed by atoms with E-state index in [2.05, 4.69) is 46.2 Å². The molecule has 35 heavy (non-hydrogen) atoms. The molecule has 2 N–H and O–H groups in total. The number of carbonyl (C=O) groups is 1. The smallest absolute Gasteiger partial charge is 0.247 e. The number of fused-ring (bicyclic) bond motifs is 1. The highest BCUT2D eigenvalue weighted by Gasteiger charge is 2.23. The number of hydrogen-bond donors (Lipinski definition) is 2. The molecule has 6 nitrogen and oxygen atoms in total. The summed E-state index contributed by atoms with van der Waals surface area (Å²) >= 11 is 0. The molecule has 6 heteroatoms. The van der Waals surface area contributed by atoms with Crippen LogP contribution in [-0.2, 0) is 4.79 Å². The predicted molar refractivity (Wildman–Crippen MR) is 140 cm³/mol. The number of nitrogens with zero attached hydrogens (tertiary/aromatic N) is 2. The molecule has 0 aliphatic carbocycles. The highest BCUT2D eigenvalue weighted by molar-refractivity contribution is 6.07. The Balaban J connectivity index is 1.69. The van der Waals surface area contributed by atoms with Crippen molar-refractivity contribution in [2.45, 2.75) is 13.0 Å². The van der Waals surface area contributed by atoms with Gasteiger partial charge in [0.05, 0.1) is 5.39 Å². The lowest BCUT2D eigenvalue weighted by Gasteiger charge is -2.16. The van der Waals surface area contributed by atoms with Gasteiger partial charge >= 0.3 is 0 Å². The minimum atomic E-state index is -0.273. The summed E-state index contributed by atoms with van der Waals surface area (Å²) in [6.07, 6.45) is 2.75. The van der Waals surface area contributed by atoms with Crippen molar-refractivity contribution < 1.29 is 9.21 Å². The summed E-state index contributed by atoms with van der Waals surface area (Å²) in [6.45, 7) is 5.63. The van der Waals surface area contributed by atoms with Crippen molar-refractivity contribution in [1.82, 2.24) is 9.97 Å². The number of furan rings is 1. The zero-order chi connectivity index (χ0) is 24.2. The second-order valence-electron chi connectivity index (χ2n) is 8.13. The van der Waals surface area contributed by atoms with E-state index < -0.39 is 0 Å². The van der Waals surface area contributed by atoms with Crippen molar-refractivity contribution in [2.24, 2.45) is 0 Å². The van der Waals surface area contributed by atoms with E-state index >= 15 is 0 Å². The monoisotopic (exact) mass is 460 g/mol. The Morgan fingerprint density at radius 1 is 0.943 bits per heavy atom. The molecular formula is C29H24N4O2. The highest BCUT2D eigenvalue weighted by atomic mass is 16.3. The van der Waals surface area contributed by atoms with Crippen LogP contribution in [0.5, 0.6) is 0 Å². The number of benzene rings is 3. The third-order valence-corrected chi connectivity index (χ3v) is 5.78. The van der Waals surface area contributed by atoms with E-state index in [9.17, 15) is 4.79 Å². The van der Waals surface area contributed by atoms with Crippen molar-refractivity contribution in [3.05, 3.63) is 109 Å². The minimum Gasteiger partial charge on any atom is -0.437 e.